The Hall–Kier alpha value is -3.21. The number of rotatable bonds is 5. The maximum absolute atomic E-state index is 12.2. The molecule has 0 unspecified atom stereocenters. The summed E-state index contributed by atoms with van der Waals surface area (Å²) in [5.41, 5.74) is 3.93. The van der Waals surface area contributed by atoms with E-state index in [-0.39, 0.29) is 5.54 Å². The summed E-state index contributed by atoms with van der Waals surface area (Å²) >= 11 is 0. The lowest BCUT2D eigenvalue weighted by Gasteiger charge is -2.31. The SMILES string of the molecule is COc1ccc(/C=C\C(=O)Oc2ccc3c(c2)C(C)=CC(C)(C)N3)cc1OC. The Morgan fingerprint density at radius 3 is 2.50 bits per heavy atom. The average Bonchev–Trinajstić information content (AvgIpc) is 2.66. The summed E-state index contributed by atoms with van der Waals surface area (Å²) in [6.07, 6.45) is 5.24. The molecule has 0 saturated carbocycles. The van der Waals surface area contributed by atoms with E-state index in [9.17, 15) is 4.79 Å². The summed E-state index contributed by atoms with van der Waals surface area (Å²) in [6, 6.07) is 11.0. The van der Waals surface area contributed by atoms with E-state index >= 15 is 0 Å². The van der Waals surface area contributed by atoms with Crippen LogP contribution in [-0.4, -0.2) is 25.7 Å². The molecule has 1 aliphatic rings. The van der Waals surface area contributed by atoms with Crippen molar-refractivity contribution in [2.45, 2.75) is 26.3 Å². The van der Waals surface area contributed by atoms with E-state index in [1.54, 1.807) is 38.5 Å². The smallest absolute Gasteiger partial charge is 0.336 e. The first kappa shape index (κ1) is 19.5. The summed E-state index contributed by atoms with van der Waals surface area (Å²) in [5, 5.41) is 3.46. The first-order valence-corrected chi connectivity index (χ1v) is 9.05. The van der Waals surface area contributed by atoms with Crippen molar-refractivity contribution in [2.24, 2.45) is 0 Å². The van der Waals surface area contributed by atoms with Crippen molar-refractivity contribution in [3.63, 3.8) is 0 Å². The summed E-state index contributed by atoms with van der Waals surface area (Å²) in [7, 11) is 3.15. The first-order chi connectivity index (χ1) is 13.3. The highest BCUT2D eigenvalue weighted by Crippen LogP contribution is 2.35. The van der Waals surface area contributed by atoms with E-state index in [1.165, 1.54) is 6.08 Å². The van der Waals surface area contributed by atoms with Gasteiger partial charge in [0.2, 0.25) is 0 Å². The second-order valence-electron chi connectivity index (χ2n) is 7.25. The van der Waals surface area contributed by atoms with Gasteiger partial charge in [-0.25, -0.2) is 4.79 Å². The van der Waals surface area contributed by atoms with Crippen molar-refractivity contribution in [2.75, 3.05) is 19.5 Å². The Labute approximate surface area is 165 Å². The molecule has 5 heteroatoms. The minimum atomic E-state index is -0.444. The number of hydrogen-bond donors (Lipinski definition) is 1. The highest BCUT2D eigenvalue weighted by atomic mass is 16.5. The maximum Gasteiger partial charge on any atom is 0.336 e. The number of nitrogens with one attached hydrogen (secondary N) is 1. The molecule has 1 heterocycles. The summed E-state index contributed by atoms with van der Waals surface area (Å²) in [4.78, 5) is 12.2. The molecule has 146 valence electrons. The van der Waals surface area contributed by atoms with Crippen molar-refractivity contribution in [1.82, 2.24) is 0 Å². The molecule has 0 spiro atoms. The van der Waals surface area contributed by atoms with Crippen LogP contribution in [0.3, 0.4) is 0 Å². The number of anilines is 1. The van der Waals surface area contributed by atoms with Gasteiger partial charge in [-0.3, -0.25) is 0 Å². The van der Waals surface area contributed by atoms with Crippen molar-refractivity contribution in [1.29, 1.82) is 0 Å². The van der Waals surface area contributed by atoms with Crippen molar-refractivity contribution in [3.8, 4) is 17.2 Å². The van der Waals surface area contributed by atoms with Crippen LogP contribution in [0.1, 0.15) is 31.9 Å². The third-order valence-electron chi connectivity index (χ3n) is 4.49. The molecule has 0 aliphatic carbocycles. The van der Waals surface area contributed by atoms with Crippen LogP contribution in [0, 0.1) is 0 Å². The van der Waals surface area contributed by atoms with Crippen molar-refractivity contribution in [3.05, 3.63) is 59.7 Å². The zero-order chi connectivity index (χ0) is 20.3. The Kier molecular flexibility index (Phi) is 5.45. The Morgan fingerprint density at radius 1 is 1.04 bits per heavy atom. The normalized spacial score (nSPS) is 14.7. The topological polar surface area (TPSA) is 56.8 Å². The van der Waals surface area contributed by atoms with Crippen LogP contribution in [0.2, 0.25) is 0 Å². The largest absolute Gasteiger partial charge is 0.493 e. The highest BCUT2D eigenvalue weighted by molar-refractivity contribution is 5.89. The van der Waals surface area contributed by atoms with E-state index in [2.05, 4.69) is 32.2 Å². The summed E-state index contributed by atoms with van der Waals surface area (Å²) < 4.78 is 16.0. The second kappa shape index (κ2) is 7.80. The van der Waals surface area contributed by atoms with Crippen LogP contribution in [0.25, 0.3) is 11.6 Å². The molecule has 0 bridgehead atoms. The Balaban J connectivity index is 1.72. The van der Waals surface area contributed by atoms with Gasteiger partial charge in [-0.15, -0.1) is 0 Å². The minimum absolute atomic E-state index is 0.0998. The minimum Gasteiger partial charge on any atom is -0.493 e. The van der Waals surface area contributed by atoms with Crippen LogP contribution in [0.15, 0.2) is 48.6 Å². The van der Waals surface area contributed by atoms with Gasteiger partial charge in [-0.05, 0) is 68.3 Å². The van der Waals surface area contributed by atoms with Gasteiger partial charge in [-0.1, -0.05) is 12.1 Å². The van der Waals surface area contributed by atoms with Crippen molar-refractivity contribution < 1.29 is 19.0 Å². The number of methoxy groups -OCH3 is 2. The van der Waals surface area contributed by atoms with E-state index in [0.29, 0.717) is 17.2 Å². The van der Waals surface area contributed by atoms with Gasteiger partial charge in [0, 0.05) is 17.3 Å². The average molecular weight is 379 g/mol. The lowest BCUT2D eigenvalue weighted by molar-refractivity contribution is -0.128. The predicted octanol–water partition coefficient (Wildman–Crippen LogP) is 4.93. The molecule has 0 saturated heterocycles. The van der Waals surface area contributed by atoms with Crippen LogP contribution in [0.5, 0.6) is 17.2 Å². The number of hydrogen-bond acceptors (Lipinski definition) is 5. The molecule has 0 radical (unpaired) electrons. The molecule has 0 amide bonds. The van der Waals surface area contributed by atoms with Gasteiger partial charge in [0.25, 0.3) is 0 Å². The van der Waals surface area contributed by atoms with Gasteiger partial charge < -0.3 is 19.5 Å². The number of carbonyl (C=O) groups is 1. The van der Waals surface area contributed by atoms with Gasteiger partial charge in [0.15, 0.2) is 11.5 Å². The van der Waals surface area contributed by atoms with Gasteiger partial charge in [0.1, 0.15) is 5.75 Å². The molecule has 0 aromatic heterocycles. The standard InChI is InChI=1S/C23H25NO4/c1-15-14-23(2,3)24-19-9-8-17(13-18(15)19)28-22(25)11-7-16-6-10-20(26-4)21(12-16)27-5/h6-14,24H,1-5H3/b11-7-. The predicted molar refractivity (Wildman–Crippen MR) is 112 cm³/mol. The molecular formula is C23H25NO4. The van der Waals surface area contributed by atoms with E-state index in [4.69, 9.17) is 14.2 Å². The molecule has 1 N–H and O–H groups in total. The van der Waals surface area contributed by atoms with Crippen molar-refractivity contribution >= 4 is 23.3 Å². The number of allylic oxidation sites excluding steroid dienone is 1. The van der Waals surface area contributed by atoms with Crippen LogP contribution in [0.4, 0.5) is 5.69 Å². The van der Waals surface area contributed by atoms with Crippen LogP contribution in [-0.2, 0) is 4.79 Å². The number of esters is 1. The fourth-order valence-electron chi connectivity index (χ4n) is 3.30. The fourth-order valence-corrected chi connectivity index (χ4v) is 3.30. The van der Waals surface area contributed by atoms with Crippen LogP contribution >= 0.6 is 0 Å². The number of benzene rings is 2. The third-order valence-corrected chi connectivity index (χ3v) is 4.49. The van der Waals surface area contributed by atoms with Gasteiger partial charge in [-0.2, -0.15) is 0 Å². The second-order valence-corrected chi connectivity index (χ2v) is 7.25. The Bertz CT molecular complexity index is 957. The molecular weight excluding hydrogens is 354 g/mol. The lowest BCUT2D eigenvalue weighted by Crippen LogP contribution is -2.31. The lowest BCUT2D eigenvalue weighted by atomic mass is 9.91. The summed E-state index contributed by atoms with van der Waals surface area (Å²) in [5.74, 6) is 1.30. The fraction of sp³-hybridized carbons (Fsp3) is 0.261. The molecule has 3 rings (SSSR count). The van der Waals surface area contributed by atoms with Gasteiger partial charge >= 0.3 is 5.97 Å². The molecule has 1 aliphatic heterocycles. The number of fused-ring (bicyclic) bond motifs is 1. The molecule has 28 heavy (non-hydrogen) atoms. The Morgan fingerprint density at radius 2 is 1.79 bits per heavy atom. The van der Waals surface area contributed by atoms with E-state index in [0.717, 1.165) is 22.4 Å². The quantitative estimate of drug-likeness (QED) is 0.453. The van der Waals surface area contributed by atoms with Crippen LogP contribution < -0.4 is 19.5 Å². The highest BCUT2D eigenvalue weighted by Gasteiger charge is 2.22. The molecule has 0 fully saturated rings. The van der Waals surface area contributed by atoms with E-state index < -0.39 is 5.97 Å². The monoisotopic (exact) mass is 379 g/mol. The van der Waals surface area contributed by atoms with E-state index in [1.807, 2.05) is 18.2 Å². The zero-order valence-electron chi connectivity index (χ0n) is 16.8. The summed E-state index contributed by atoms with van der Waals surface area (Å²) in [6.45, 7) is 6.29. The molecule has 0 atom stereocenters. The zero-order valence-corrected chi connectivity index (χ0v) is 16.8. The maximum atomic E-state index is 12.2. The third kappa shape index (κ3) is 4.36. The number of carbonyl (C=O) groups excluding carboxylic acids is 1. The molecule has 5 nitrogen and oxygen atoms in total. The van der Waals surface area contributed by atoms with Gasteiger partial charge in [0.05, 0.1) is 19.8 Å². The number of ether oxygens (including phenoxy) is 3. The molecule has 2 aromatic carbocycles. The molecule has 2 aromatic rings. The first-order valence-electron chi connectivity index (χ1n) is 9.05.